The Kier molecular flexibility index (Phi) is 3.41. The topological polar surface area (TPSA) is 63.3 Å². The van der Waals surface area contributed by atoms with E-state index in [1.54, 1.807) is 11.3 Å². The Labute approximate surface area is 110 Å². The van der Waals surface area contributed by atoms with Crippen molar-refractivity contribution in [1.29, 1.82) is 0 Å². The number of carboxylic acids is 1. The third kappa shape index (κ3) is 2.26. The van der Waals surface area contributed by atoms with Crippen molar-refractivity contribution in [2.75, 3.05) is 0 Å². The van der Waals surface area contributed by atoms with Crippen LogP contribution in [-0.2, 0) is 10.2 Å². The number of thiophene rings is 1. The monoisotopic (exact) mass is 263 g/mol. The zero-order chi connectivity index (χ0) is 13.3. The molecule has 0 radical (unpaired) electrons. The Morgan fingerprint density at radius 2 is 2.17 bits per heavy atom. The van der Waals surface area contributed by atoms with Crippen LogP contribution >= 0.6 is 11.3 Å². The number of hydrogen-bond acceptors (Lipinski definition) is 3. The van der Waals surface area contributed by atoms with Crippen LogP contribution in [0.3, 0.4) is 0 Å². The second-order valence-corrected chi connectivity index (χ2v) is 6.01. The van der Waals surface area contributed by atoms with Crippen molar-refractivity contribution in [2.24, 2.45) is 5.73 Å². The molecule has 0 aliphatic carbocycles. The van der Waals surface area contributed by atoms with E-state index in [1.807, 2.05) is 38.1 Å². The highest BCUT2D eigenvalue weighted by molar-refractivity contribution is 7.19. The number of aliphatic carboxylic acids is 1. The van der Waals surface area contributed by atoms with Crippen molar-refractivity contribution < 1.29 is 9.90 Å². The van der Waals surface area contributed by atoms with E-state index in [0.717, 1.165) is 10.3 Å². The summed E-state index contributed by atoms with van der Waals surface area (Å²) in [5, 5.41) is 10.2. The number of carboxylic acid groups (broad SMARTS) is 1. The maximum atomic E-state index is 11.1. The van der Waals surface area contributed by atoms with Crippen LogP contribution in [0.15, 0.2) is 30.3 Å². The SMILES string of the molecule is CC(N)C(C)(CC(=O)O)c1cc2ccccc2s1. The zero-order valence-electron chi connectivity index (χ0n) is 10.5. The van der Waals surface area contributed by atoms with Crippen molar-refractivity contribution in [3.63, 3.8) is 0 Å². The number of carbonyl (C=O) groups is 1. The fourth-order valence-electron chi connectivity index (χ4n) is 2.05. The zero-order valence-corrected chi connectivity index (χ0v) is 11.3. The molecule has 4 heteroatoms. The van der Waals surface area contributed by atoms with E-state index in [2.05, 4.69) is 6.07 Å². The first-order chi connectivity index (χ1) is 8.43. The van der Waals surface area contributed by atoms with Gasteiger partial charge in [-0.1, -0.05) is 25.1 Å². The van der Waals surface area contributed by atoms with Crippen LogP contribution in [-0.4, -0.2) is 17.1 Å². The third-order valence-electron chi connectivity index (χ3n) is 3.51. The van der Waals surface area contributed by atoms with E-state index in [4.69, 9.17) is 10.8 Å². The molecule has 2 rings (SSSR count). The fourth-order valence-corrected chi connectivity index (χ4v) is 3.36. The lowest BCUT2D eigenvalue weighted by atomic mass is 9.79. The summed E-state index contributed by atoms with van der Waals surface area (Å²) in [4.78, 5) is 12.1. The molecule has 96 valence electrons. The molecule has 0 bridgehead atoms. The molecule has 0 saturated heterocycles. The molecule has 0 saturated carbocycles. The normalized spacial score (nSPS) is 16.4. The molecule has 0 fully saturated rings. The van der Waals surface area contributed by atoms with Gasteiger partial charge in [0, 0.05) is 21.0 Å². The van der Waals surface area contributed by atoms with Crippen molar-refractivity contribution in [3.8, 4) is 0 Å². The molecule has 0 aliphatic rings. The predicted molar refractivity (Wildman–Crippen MR) is 75.1 cm³/mol. The first kappa shape index (κ1) is 13.1. The summed E-state index contributed by atoms with van der Waals surface area (Å²) in [6.45, 7) is 3.80. The number of rotatable bonds is 4. The first-order valence-corrected chi connectivity index (χ1v) is 6.71. The number of benzene rings is 1. The van der Waals surface area contributed by atoms with E-state index in [0.29, 0.717) is 0 Å². The van der Waals surface area contributed by atoms with Crippen LogP contribution in [0.2, 0.25) is 0 Å². The summed E-state index contributed by atoms with van der Waals surface area (Å²) in [6, 6.07) is 9.92. The number of nitrogens with two attached hydrogens (primary N) is 1. The van der Waals surface area contributed by atoms with Gasteiger partial charge < -0.3 is 10.8 Å². The van der Waals surface area contributed by atoms with Gasteiger partial charge in [-0.25, -0.2) is 0 Å². The third-order valence-corrected chi connectivity index (χ3v) is 4.91. The van der Waals surface area contributed by atoms with Crippen LogP contribution in [0, 0.1) is 0 Å². The Balaban J connectivity index is 2.51. The second-order valence-electron chi connectivity index (χ2n) is 4.93. The minimum absolute atomic E-state index is 0.0531. The summed E-state index contributed by atoms with van der Waals surface area (Å²) < 4.78 is 1.17. The quantitative estimate of drug-likeness (QED) is 0.891. The summed E-state index contributed by atoms with van der Waals surface area (Å²) >= 11 is 1.63. The highest BCUT2D eigenvalue weighted by Crippen LogP contribution is 2.38. The molecule has 1 aromatic carbocycles. The lowest BCUT2D eigenvalue weighted by molar-refractivity contribution is -0.138. The number of fused-ring (bicyclic) bond motifs is 1. The van der Waals surface area contributed by atoms with Gasteiger partial charge >= 0.3 is 5.97 Å². The van der Waals surface area contributed by atoms with E-state index >= 15 is 0 Å². The van der Waals surface area contributed by atoms with Gasteiger partial charge in [0.25, 0.3) is 0 Å². The van der Waals surface area contributed by atoms with Crippen molar-refractivity contribution >= 4 is 27.4 Å². The summed E-state index contributed by atoms with van der Waals surface area (Å²) in [7, 11) is 0. The van der Waals surface area contributed by atoms with Crippen LogP contribution < -0.4 is 5.73 Å². The lowest BCUT2D eigenvalue weighted by Crippen LogP contribution is -2.42. The minimum Gasteiger partial charge on any atom is -0.481 e. The molecule has 0 spiro atoms. The fraction of sp³-hybridized carbons (Fsp3) is 0.357. The molecule has 2 atom stereocenters. The maximum Gasteiger partial charge on any atom is 0.304 e. The molecule has 18 heavy (non-hydrogen) atoms. The minimum atomic E-state index is -0.813. The standard InChI is InChI=1S/C14H17NO2S/c1-9(15)14(2,8-13(16)17)12-7-10-5-3-4-6-11(10)18-12/h3-7,9H,8,15H2,1-2H3,(H,16,17). The second kappa shape index (κ2) is 4.71. The van der Waals surface area contributed by atoms with Crippen LogP contribution in [0.5, 0.6) is 0 Å². The molecular formula is C14H17NO2S. The Morgan fingerprint density at radius 1 is 1.50 bits per heavy atom. The maximum absolute atomic E-state index is 11.1. The van der Waals surface area contributed by atoms with Gasteiger partial charge in [0.2, 0.25) is 0 Å². The molecule has 2 unspecified atom stereocenters. The van der Waals surface area contributed by atoms with Crippen LogP contribution in [0.25, 0.3) is 10.1 Å². The molecule has 3 nitrogen and oxygen atoms in total. The van der Waals surface area contributed by atoms with E-state index in [-0.39, 0.29) is 12.5 Å². The van der Waals surface area contributed by atoms with Crippen LogP contribution in [0.1, 0.15) is 25.1 Å². The molecule has 2 aromatic rings. The van der Waals surface area contributed by atoms with Gasteiger partial charge in [-0.05, 0) is 24.4 Å². The first-order valence-electron chi connectivity index (χ1n) is 5.90. The van der Waals surface area contributed by atoms with E-state index in [9.17, 15) is 4.79 Å². The van der Waals surface area contributed by atoms with E-state index in [1.165, 1.54) is 4.70 Å². The van der Waals surface area contributed by atoms with Crippen molar-refractivity contribution in [3.05, 3.63) is 35.2 Å². The highest BCUT2D eigenvalue weighted by atomic mass is 32.1. The largest absolute Gasteiger partial charge is 0.481 e. The van der Waals surface area contributed by atoms with Gasteiger partial charge in [0.05, 0.1) is 6.42 Å². The van der Waals surface area contributed by atoms with Crippen molar-refractivity contribution in [1.82, 2.24) is 0 Å². The summed E-state index contributed by atoms with van der Waals surface area (Å²) in [6.07, 6.45) is 0.0531. The van der Waals surface area contributed by atoms with Gasteiger partial charge in [-0.3, -0.25) is 4.79 Å². The lowest BCUT2D eigenvalue weighted by Gasteiger charge is -2.30. The molecule has 0 amide bonds. The summed E-state index contributed by atoms with van der Waals surface area (Å²) in [5.74, 6) is -0.813. The Hall–Kier alpha value is -1.39. The predicted octanol–water partition coefficient (Wildman–Crippen LogP) is 2.98. The van der Waals surface area contributed by atoms with Crippen LogP contribution in [0.4, 0.5) is 0 Å². The number of hydrogen-bond donors (Lipinski definition) is 2. The Morgan fingerprint density at radius 3 is 2.72 bits per heavy atom. The smallest absolute Gasteiger partial charge is 0.304 e. The van der Waals surface area contributed by atoms with Gasteiger partial charge in [0.15, 0.2) is 0 Å². The Bertz CT molecular complexity index is 543. The van der Waals surface area contributed by atoms with Crippen molar-refractivity contribution in [2.45, 2.75) is 31.7 Å². The molecule has 3 N–H and O–H groups in total. The van der Waals surface area contributed by atoms with Gasteiger partial charge in [-0.2, -0.15) is 0 Å². The average Bonchev–Trinajstić information content (AvgIpc) is 2.71. The molecule has 0 aliphatic heterocycles. The highest BCUT2D eigenvalue weighted by Gasteiger charge is 2.35. The molecule has 1 aromatic heterocycles. The van der Waals surface area contributed by atoms with Gasteiger partial charge in [0.1, 0.15) is 0 Å². The molecule has 1 heterocycles. The van der Waals surface area contributed by atoms with Gasteiger partial charge in [-0.15, -0.1) is 11.3 Å². The summed E-state index contributed by atoms with van der Waals surface area (Å²) in [5.41, 5.74) is 5.50. The molecular weight excluding hydrogens is 246 g/mol. The average molecular weight is 263 g/mol. The van der Waals surface area contributed by atoms with E-state index < -0.39 is 11.4 Å².